The first-order chi connectivity index (χ1) is 13.9. The fourth-order valence-corrected chi connectivity index (χ4v) is 3.34. The summed E-state index contributed by atoms with van der Waals surface area (Å²) < 4.78 is 47.9. The molecule has 1 atom stereocenters. The first-order valence-electron chi connectivity index (χ1n) is 8.74. The Bertz CT molecular complexity index is 944. The van der Waals surface area contributed by atoms with Crippen LogP contribution in [-0.4, -0.2) is 43.2 Å². The van der Waals surface area contributed by atoms with E-state index in [1.54, 1.807) is 25.2 Å². The van der Waals surface area contributed by atoms with Gasteiger partial charge in [0.1, 0.15) is 5.75 Å². The minimum Gasteiger partial charge on any atom is -0.496 e. The molecule has 0 saturated heterocycles. The maximum absolute atomic E-state index is 14.2. The van der Waals surface area contributed by atoms with Gasteiger partial charge in [-0.3, -0.25) is 0 Å². The average Bonchev–Trinajstić information content (AvgIpc) is 2.68. The first-order valence-corrected chi connectivity index (χ1v) is 9.87. The van der Waals surface area contributed by atoms with E-state index in [0.29, 0.717) is 17.8 Å². The van der Waals surface area contributed by atoms with E-state index in [0.717, 1.165) is 12.1 Å². The van der Waals surface area contributed by atoms with Crippen LogP contribution in [0.2, 0.25) is 15.1 Å². The Morgan fingerprint density at radius 2 is 1.70 bits per heavy atom. The lowest BCUT2D eigenvalue weighted by Gasteiger charge is -2.33. The van der Waals surface area contributed by atoms with E-state index >= 15 is 0 Å². The zero-order valence-electron chi connectivity index (χ0n) is 16.6. The van der Waals surface area contributed by atoms with Crippen LogP contribution in [0.5, 0.6) is 5.75 Å². The summed E-state index contributed by atoms with van der Waals surface area (Å²) in [5.74, 6) is -0.200. The van der Waals surface area contributed by atoms with Crippen molar-refractivity contribution in [1.29, 1.82) is 0 Å². The predicted octanol–water partition coefficient (Wildman–Crippen LogP) is 6.37. The second kappa shape index (κ2) is 9.22. The van der Waals surface area contributed by atoms with Crippen molar-refractivity contribution >= 4 is 46.8 Å². The summed E-state index contributed by atoms with van der Waals surface area (Å²) in [6.07, 6.45) is -3.57. The average molecular weight is 484 g/mol. The minimum absolute atomic E-state index is 0.112. The highest BCUT2D eigenvalue weighted by Gasteiger charge is 2.58. The zero-order chi connectivity index (χ0) is 22.9. The summed E-state index contributed by atoms with van der Waals surface area (Å²) in [5.41, 5.74) is -3.77. The molecule has 30 heavy (non-hydrogen) atoms. The van der Waals surface area contributed by atoms with Crippen LogP contribution < -0.4 is 4.74 Å². The molecule has 10 heteroatoms. The smallest absolute Gasteiger partial charge is 0.425 e. The molecule has 0 aromatic heterocycles. The standard InChI is InChI=1S/C20H20Cl3F3N2O2/c1-5-28(3)10-27-16-9-17(30-4)13(6-11(16)2)19(29,20(24,25)26)12-7-14(21)18(23)15(22)8-12/h6-10,29H,5H2,1-4H3/b27-10+. The van der Waals surface area contributed by atoms with Gasteiger partial charge in [0.05, 0.1) is 34.2 Å². The molecule has 0 aliphatic carbocycles. The van der Waals surface area contributed by atoms with Gasteiger partial charge in [-0.05, 0) is 37.6 Å². The van der Waals surface area contributed by atoms with E-state index < -0.39 is 22.9 Å². The number of aryl methyl sites for hydroxylation is 1. The lowest BCUT2D eigenvalue weighted by atomic mass is 9.84. The van der Waals surface area contributed by atoms with Crippen LogP contribution in [0.4, 0.5) is 18.9 Å². The molecule has 0 aliphatic heterocycles. The second-order valence-corrected chi connectivity index (χ2v) is 7.81. The number of aliphatic imine (C=N–C) groups is 1. The summed E-state index contributed by atoms with van der Waals surface area (Å²) >= 11 is 17.7. The highest BCUT2D eigenvalue weighted by atomic mass is 35.5. The van der Waals surface area contributed by atoms with Crippen LogP contribution in [0.1, 0.15) is 23.6 Å². The highest BCUT2D eigenvalue weighted by Crippen LogP contribution is 2.50. The molecule has 1 N–H and O–H groups in total. The van der Waals surface area contributed by atoms with Crippen molar-refractivity contribution < 1.29 is 23.0 Å². The number of hydrogen-bond donors (Lipinski definition) is 1. The quantitative estimate of drug-likeness (QED) is 0.295. The summed E-state index contributed by atoms with van der Waals surface area (Å²) in [7, 11) is 3.01. The number of nitrogens with zero attached hydrogens (tertiary/aromatic N) is 2. The van der Waals surface area contributed by atoms with Gasteiger partial charge >= 0.3 is 6.18 Å². The third kappa shape index (κ3) is 4.64. The molecule has 0 amide bonds. The topological polar surface area (TPSA) is 45.1 Å². The van der Waals surface area contributed by atoms with Crippen molar-refractivity contribution in [2.45, 2.75) is 25.6 Å². The zero-order valence-corrected chi connectivity index (χ0v) is 18.9. The Kier molecular flexibility index (Phi) is 7.56. The van der Waals surface area contributed by atoms with Crippen LogP contribution in [0.15, 0.2) is 29.3 Å². The Labute approximate surface area is 187 Å². The molecule has 0 heterocycles. The molecular weight excluding hydrogens is 464 g/mol. The maximum atomic E-state index is 14.2. The molecule has 2 aromatic carbocycles. The summed E-state index contributed by atoms with van der Waals surface area (Å²) in [5, 5.41) is 10.4. The summed E-state index contributed by atoms with van der Waals surface area (Å²) in [6.45, 7) is 4.21. The highest BCUT2D eigenvalue weighted by molar-refractivity contribution is 6.48. The predicted molar refractivity (Wildman–Crippen MR) is 115 cm³/mol. The number of rotatable bonds is 6. The van der Waals surface area contributed by atoms with Crippen LogP contribution in [0, 0.1) is 6.92 Å². The number of halogens is 6. The second-order valence-electron chi connectivity index (χ2n) is 6.62. The normalized spacial score (nSPS) is 14.1. The van der Waals surface area contributed by atoms with Gasteiger partial charge in [0.2, 0.25) is 5.60 Å². The first kappa shape index (κ1) is 24.6. The Morgan fingerprint density at radius 3 is 2.17 bits per heavy atom. The fraction of sp³-hybridized carbons (Fsp3) is 0.350. The number of aliphatic hydroxyl groups is 1. The van der Waals surface area contributed by atoms with Gasteiger partial charge in [-0.2, -0.15) is 13.2 Å². The van der Waals surface area contributed by atoms with Crippen LogP contribution in [0.25, 0.3) is 0 Å². The molecule has 0 saturated carbocycles. The van der Waals surface area contributed by atoms with Gasteiger partial charge < -0.3 is 14.7 Å². The van der Waals surface area contributed by atoms with Crippen molar-refractivity contribution in [3.05, 3.63) is 56.0 Å². The lowest BCUT2D eigenvalue weighted by Crippen LogP contribution is -2.43. The third-order valence-electron chi connectivity index (χ3n) is 4.61. The van der Waals surface area contributed by atoms with Crippen molar-refractivity contribution in [2.24, 2.45) is 4.99 Å². The fourth-order valence-electron chi connectivity index (χ4n) is 2.75. The molecule has 1 unspecified atom stereocenters. The molecule has 0 aliphatic rings. The van der Waals surface area contributed by atoms with Crippen molar-refractivity contribution in [1.82, 2.24) is 4.90 Å². The molecule has 0 bridgehead atoms. The van der Waals surface area contributed by atoms with Gasteiger partial charge in [0.25, 0.3) is 0 Å². The van der Waals surface area contributed by atoms with Gasteiger partial charge in [-0.15, -0.1) is 0 Å². The third-order valence-corrected chi connectivity index (χ3v) is 5.81. The van der Waals surface area contributed by atoms with Gasteiger partial charge in [0.15, 0.2) is 0 Å². The van der Waals surface area contributed by atoms with E-state index in [4.69, 9.17) is 39.5 Å². The van der Waals surface area contributed by atoms with E-state index in [9.17, 15) is 18.3 Å². The Morgan fingerprint density at radius 1 is 1.13 bits per heavy atom. The van der Waals surface area contributed by atoms with Crippen molar-refractivity contribution in [2.75, 3.05) is 20.7 Å². The van der Waals surface area contributed by atoms with Crippen LogP contribution in [0.3, 0.4) is 0 Å². The van der Waals surface area contributed by atoms with E-state index in [2.05, 4.69) is 4.99 Å². The maximum Gasteiger partial charge on any atom is 0.425 e. The van der Waals surface area contributed by atoms with Gasteiger partial charge in [0, 0.05) is 30.8 Å². The van der Waals surface area contributed by atoms with Crippen LogP contribution >= 0.6 is 34.8 Å². The number of benzene rings is 2. The van der Waals surface area contributed by atoms with Gasteiger partial charge in [-0.1, -0.05) is 34.8 Å². The van der Waals surface area contributed by atoms with E-state index in [1.807, 2.05) is 6.92 Å². The van der Waals surface area contributed by atoms with Gasteiger partial charge in [-0.25, -0.2) is 4.99 Å². The summed E-state index contributed by atoms with van der Waals surface area (Å²) in [4.78, 5) is 6.08. The Balaban J connectivity index is 2.78. The monoisotopic (exact) mass is 482 g/mol. The van der Waals surface area contributed by atoms with Crippen molar-refractivity contribution in [3.63, 3.8) is 0 Å². The number of ether oxygens (including phenoxy) is 1. The summed E-state index contributed by atoms with van der Waals surface area (Å²) in [6, 6.07) is 4.38. The van der Waals surface area contributed by atoms with E-state index in [1.165, 1.54) is 19.2 Å². The molecule has 0 fully saturated rings. The Hall–Kier alpha value is -1.67. The number of hydrogen-bond acceptors (Lipinski definition) is 3. The molecular formula is C20H20Cl3F3N2O2. The molecule has 4 nitrogen and oxygen atoms in total. The van der Waals surface area contributed by atoms with E-state index in [-0.39, 0.29) is 20.8 Å². The number of alkyl halides is 3. The minimum atomic E-state index is -5.12. The molecule has 0 spiro atoms. The molecule has 0 radical (unpaired) electrons. The van der Waals surface area contributed by atoms with Crippen molar-refractivity contribution in [3.8, 4) is 5.75 Å². The lowest BCUT2D eigenvalue weighted by molar-refractivity contribution is -0.248. The molecule has 2 aromatic rings. The molecule has 164 valence electrons. The molecule has 2 rings (SSSR count). The largest absolute Gasteiger partial charge is 0.496 e. The van der Waals surface area contributed by atoms with Crippen LogP contribution in [-0.2, 0) is 5.60 Å². The number of methoxy groups -OCH3 is 1. The SMILES string of the molecule is CCN(C)/C=N/c1cc(OC)c(C(O)(c2cc(Cl)c(Cl)c(Cl)c2)C(F)(F)F)cc1C.